The van der Waals surface area contributed by atoms with E-state index in [1.807, 2.05) is 77.7 Å². The van der Waals surface area contributed by atoms with E-state index in [2.05, 4.69) is 34.3 Å². The number of anilines is 2. The molecule has 2 N–H and O–H groups in total. The first kappa shape index (κ1) is 39.0. The molecule has 2 atom stereocenters. The Bertz CT molecular complexity index is 2410. The molecular weight excluding hydrogens is 774 g/mol. The van der Waals surface area contributed by atoms with Crippen molar-refractivity contribution in [1.82, 2.24) is 15.1 Å². The van der Waals surface area contributed by atoms with Crippen molar-refractivity contribution in [3.05, 3.63) is 154 Å². The molecule has 0 aromatic heterocycles. The lowest BCUT2D eigenvalue weighted by Gasteiger charge is -2.39. The van der Waals surface area contributed by atoms with Gasteiger partial charge in [0, 0.05) is 50.0 Å². The molecule has 1 saturated heterocycles. The van der Waals surface area contributed by atoms with Gasteiger partial charge in [0.05, 0.1) is 24.2 Å². The molecule has 1 aliphatic carbocycles. The number of ether oxygens (including phenoxy) is 1. The number of hydrogen-bond acceptors (Lipinski definition) is 7. The standard InChI is InChI=1S/C45H44ClN5O6S/c1-58(55,56)48-39-16-8-9-17-41(39)49-22-24-50(25-23-49)44(53)40(26-30-18-20-33(46)21-19-30)47-43(52)42-27-31-10-2-3-11-32(31)28-51(42)45(54)57-29-38-36-14-6-4-12-34(36)35-13-5-7-15-37(35)38/h2-21,38,40,42,48H,22-29H2,1H3,(H,47,52). The molecule has 3 aliphatic rings. The van der Waals surface area contributed by atoms with Crippen LogP contribution in [-0.2, 0) is 43.7 Å². The summed E-state index contributed by atoms with van der Waals surface area (Å²) in [5, 5.41) is 3.61. The van der Waals surface area contributed by atoms with Crippen molar-refractivity contribution in [3.8, 4) is 11.1 Å². The zero-order valence-electron chi connectivity index (χ0n) is 32.0. The largest absolute Gasteiger partial charge is 0.448 e. The van der Waals surface area contributed by atoms with Crippen LogP contribution in [0.4, 0.5) is 16.2 Å². The van der Waals surface area contributed by atoms with E-state index in [-0.39, 0.29) is 37.8 Å². The monoisotopic (exact) mass is 817 g/mol. The van der Waals surface area contributed by atoms with Crippen LogP contribution in [0, 0.1) is 0 Å². The van der Waals surface area contributed by atoms with Crippen LogP contribution in [0.3, 0.4) is 0 Å². The van der Waals surface area contributed by atoms with E-state index in [9.17, 15) is 22.8 Å². The summed E-state index contributed by atoms with van der Waals surface area (Å²) < 4.78 is 32.8. The van der Waals surface area contributed by atoms with E-state index in [1.165, 1.54) is 4.90 Å². The van der Waals surface area contributed by atoms with E-state index < -0.39 is 34.1 Å². The molecule has 298 valence electrons. The Kier molecular flexibility index (Phi) is 11.1. The molecule has 5 aromatic carbocycles. The Morgan fingerprint density at radius 1 is 0.776 bits per heavy atom. The number of nitrogens with zero attached hydrogens (tertiary/aromatic N) is 3. The summed E-state index contributed by atoms with van der Waals surface area (Å²) >= 11 is 6.20. The Morgan fingerprint density at radius 2 is 1.38 bits per heavy atom. The fourth-order valence-electron chi connectivity index (χ4n) is 8.37. The maximum Gasteiger partial charge on any atom is 0.410 e. The molecule has 8 rings (SSSR count). The van der Waals surface area contributed by atoms with Crippen LogP contribution < -0.4 is 14.9 Å². The van der Waals surface area contributed by atoms with Crippen molar-refractivity contribution in [1.29, 1.82) is 0 Å². The lowest BCUT2D eigenvalue weighted by molar-refractivity contribution is -0.138. The zero-order chi connectivity index (χ0) is 40.4. The van der Waals surface area contributed by atoms with Gasteiger partial charge in [0.2, 0.25) is 21.8 Å². The Morgan fingerprint density at radius 3 is 2.05 bits per heavy atom. The topological polar surface area (TPSA) is 128 Å². The molecule has 11 nitrogen and oxygen atoms in total. The smallest absolute Gasteiger partial charge is 0.410 e. The average molecular weight is 818 g/mol. The van der Waals surface area contributed by atoms with Crippen LogP contribution in [0.15, 0.2) is 121 Å². The summed E-state index contributed by atoms with van der Waals surface area (Å²) in [6.07, 6.45) is 0.975. The second kappa shape index (κ2) is 16.6. The SMILES string of the molecule is CS(=O)(=O)Nc1ccccc1N1CCN(C(=O)C(Cc2ccc(Cl)cc2)NC(=O)C2Cc3ccccc3CN2C(=O)OCC2c3ccccc3-c3ccccc32)CC1. The van der Waals surface area contributed by atoms with Crippen molar-refractivity contribution in [2.75, 3.05) is 48.7 Å². The summed E-state index contributed by atoms with van der Waals surface area (Å²) in [4.78, 5) is 48.3. The predicted octanol–water partition coefficient (Wildman–Crippen LogP) is 6.46. The Labute approximate surface area is 343 Å². The number of carbonyl (C=O) groups is 3. The molecule has 2 heterocycles. The number of nitrogens with one attached hydrogen (secondary N) is 2. The molecule has 0 bridgehead atoms. The van der Waals surface area contributed by atoms with Gasteiger partial charge in [-0.15, -0.1) is 0 Å². The summed E-state index contributed by atoms with van der Waals surface area (Å²) in [5.41, 5.74) is 8.30. The molecule has 0 saturated carbocycles. The number of fused-ring (bicyclic) bond motifs is 4. The highest BCUT2D eigenvalue weighted by molar-refractivity contribution is 7.92. The van der Waals surface area contributed by atoms with Crippen molar-refractivity contribution < 1.29 is 27.5 Å². The number of halogens is 1. The number of sulfonamides is 1. The summed E-state index contributed by atoms with van der Waals surface area (Å²) in [6.45, 7) is 1.88. The third-order valence-corrected chi connectivity index (χ3v) is 12.1. The molecule has 58 heavy (non-hydrogen) atoms. The van der Waals surface area contributed by atoms with Gasteiger partial charge in [0.25, 0.3) is 0 Å². The third-order valence-electron chi connectivity index (χ3n) is 11.2. The van der Waals surface area contributed by atoms with E-state index in [4.69, 9.17) is 16.3 Å². The van der Waals surface area contributed by atoms with E-state index in [0.29, 0.717) is 36.9 Å². The van der Waals surface area contributed by atoms with Gasteiger partial charge in [-0.2, -0.15) is 0 Å². The molecule has 3 amide bonds. The minimum absolute atomic E-state index is 0.109. The summed E-state index contributed by atoms with van der Waals surface area (Å²) in [7, 11) is -3.50. The number of rotatable bonds is 10. The maximum atomic E-state index is 14.5. The van der Waals surface area contributed by atoms with E-state index >= 15 is 0 Å². The quantitative estimate of drug-likeness (QED) is 0.166. The molecule has 1 fully saturated rings. The van der Waals surface area contributed by atoms with Crippen LogP contribution in [-0.4, -0.2) is 87.3 Å². The minimum Gasteiger partial charge on any atom is -0.448 e. The number of para-hydroxylation sites is 2. The Balaban J connectivity index is 1.01. The number of amides is 3. The van der Waals surface area contributed by atoms with Crippen molar-refractivity contribution >= 4 is 50.9 Å². The number of piperazine rings is 1. The van der Waals surface area contributed by atoms with Gasteiger partial charge in [-0.25, -0.2) is 13.2 Å². The van der Waals surface area contributed by atoms with Gasteiger partial charge < -0.3 is 19.9 Å². The molecule has 13 heteroatoms. The van der Waals surface area contributed by atoms with Gasteiger partial charge in [0.15, 0.2) is 0 Å². The highest BCUT2D eigenvalue weighted by Gasteiger charge is 2.39. The lowest BCUT2D eigenvalue weighted by Crippen LogP contribution is -2.59. The number of benzene rings is 5. The van der Waals surface area contributed by atoms with Gasteiger partial charge in [-0.1, -0.05) is 109 Å². The lowest BCUT2D eigenvalue weighted by atomic mass is 9.93. The maximum absolute atomic E-state index is 14.5. The summed E-state index contributed by atoms with van der Waals surface area (Å²) in [5.74, 6) is -0.851. The first-order valence-electron chi connectivity index (χ1n) is 19.4. The molecule has 2 aliphatic heterocycles. The van der Waals surface area contributed by atoms with Crippen LogP contribution in [0.2, 0.25) is 5.02 Å². The first-order valence-corrected chi connectivity index (χ1v) is 21.6. The second-order valence-corrected chi connectivity index (χ2v) is 17.2. The fraction of sp³-hybridized carbons (Fsp3) is 0.267. The predicted molar refractivity (Wildman–Crippen MR) is 225 cm³/mol. The van der Waals surface area contributed by atoms with Crippen molar-refractivity contribution in [2.45, 2.75) is 37.4 Å². The van der Waals surface area contributed by atoms with Crippen LogP contribution in [0.25, 0.3) is 11.1 Å². The highest BCUT2D eigenvalue weighted by Crippen LogP contribution is 2.44. The number of carbonyl (C=O) groups excluding carboxylic acids is 3. The first-order chi connectivity index (χ1) is 28.0. The highest BCUT2D eigenvalue weighted by atomic mass is 35.5. The minimum atomic E-state index is -3.50. The van der Waals surface area contributed by atoms with Crippen molar-refractivity contribution in [3.63, 3.8) is 0 Å². The molecule has 0 radical (unpaired) electrons. The van der Waals surface area contributed by atoms with E-state index in [0.717, 1.165) is 50.9 Å². The molecule has 2 unspecified atom stereocenters. The third kappa shape index (κ3) is 8.39. The zero-order valence-corrected chi connectivity index (χ0v) is 33.6. The number of hydrogen-bond donors (Lipinski definition) is 2. The molecular formula is C45H44ClN5O6S. The molecule has 0 spiro atoms. The Hall–Kier alpha value is -5.85. The molecule has 5 aromatic rings. The van der Waals surface area contributed by atoms with Crippen molar-refractivity contribution in [2.24, 2.45) is 0 Å². The van der Waals surface area contributed by atoms with Gasteiger partial charge in [0.1, 0.15) is 18.7 Å². The van der Waals surface area contributed by atoms with Gasteiger partial charge >= 0.3 is 6.09 Å². The van der Waals surface area contributed by atoms with Crippen LogP contribution in [0.5, 0.6) is 0 Å². The van der Waals surface area contributed by atoms with Gasteiger partial charge in [-0.05, 0) is 63.2 Å². The van der Waals surface area contributed by atoms with Crippen LogP contribution >= 0.6 is 11.6 Å². The summed E-state index contributed by atoms with van der Waals surface area (Å²) in [6, 6.07) is 36.5. The van der Waals surface area contributed by atoms with Crippen LogP contribution in [0.1, 0.15) is 33.7 Å². The fourth-order valence-corrected chi connectivity index (χ4v) is 9.07. The van der Waals surface area contributed by atoms with Gasteiger partial charge in [-0.3, -0.25) is 19.2 Å². The average Bonchev–Trinajstić information content (AvgIpc) is 3.55. The second-order valence-electron chi connectivity index (χ2n) is 15.0. The normalized spacial score (nSPS) is 16.8. The van der Waals surface area contributed by atoms with E-state index in [1.54, 1.807) is 29.2 Å².